The highest BCUT2D eigenvalue weighted by Crippen LogP contribution is 2.47. The van der Waals surface area contributed by atoms with Crippen LogP contribution in [-0.4, -0.2) is 15.4 Å². The molecular weight excluding hydrogens is 244 g/mol. The molecular formula is C15H19ClN2. The number of fused-ring (bicyclic) bond motifs is 1. The third kappa shape index (κ3) is 2.14. The average molecular weight is 263 g/mol. The Morgan fingerprint density at radius 3 is 2.83 bits per heavy atom. The van der Waals surface area contributed by atoms with Gasteiger partial charge in [-0.3, -0.25) is 0 Å². The van der Waals surface area contributed by atoms with Crippen molar-refractivity contribution in [3.05, 3.63) is 29.6 Å². The Kier molecular flexibility index (Phi) is 2.86. The minimum absolute atomic E-state index is 0.485. The lowest BCUT2D eigenvalue weighted by atomic mass is 10.1. The van der Waals surface area contributed by atoms with E-state index in [0.717, 1.165) is 24.3 Å². The molecule has 1 aliphatic carbocycles. The highest BCUT2D eigenvalue weighted by molar-refractivity contribution is 6.17. The Bertz CT molecular complexity index is 581. The molecule has 1 aliphatic rings. The summed E-state index contributed by atoms with van der Waals surface area (Å²) >= 11 is 5.90. The van der Waals surface area contributed by atoms with Crippen LogP contribution in [0.1, 0.15) is 31.2 Å². The van der Waals surface area contributed by atoms with Crippen LogP contribution in [0, 0.1) is 12.3 Å². The Hall–Kier alpha value is -1.02. The Morgan fingerprint density at radius 2 is 2.17 bits per heavy atom. The van der Waals surface area contributed by atoms with Crippen molar-refractivity contribution < 1.29 is 0 Å². The number of aryl methyl sites for hydroxylation is 2. The van der Waals surface area contributed by atoms with Crippen molar-refractivity contribution in [1.82, 2.24) is 9.55 Å². The number of alkyl halides is 1. The summed E-state index contributed by atoms with van der Waals surface area (Å²) in [4.78, 5) is 4.73. The van der Waals surface area contributed by atoms with Gasteiger partial charge < -0.3 is 4.57 Å². The maximum Gasteiger partial charge on any atom is 0.111 e. The van der Waals surface area contributed by atoms with Crippen LogP contribution >= 0.6 is 11.6 Å². The molecule has 0 spiro atoms. The van der Waals surface area contributed by atoms with Gasteiger partial charge in [0.15, 0.2) is 0 Å². The van der Waals surface area contributed by atoms with Gasteiger partial charge in [-0.15, -0.1) is 11.6 Å². The number of imidazole rings is 1. The van der Waals surface area contributed by atoms with Gasteiger partial charge in [-0.1, -0.05) is 13.0 Å². The predicted octanol–water partition coefficient (Wildman–Crippen LogP) is 3.93. The fourth-order valence-electron chi connectivity index (χ4n) is 2.49. The van der Waals surface area contributed by atoms with Crippen LogP contribution in [0.4, 0.5) is 0 Å². The van der Waals surface area contributed by atoms with Gasteiger partial charge in [-0.25, -0.2) is 4.98 Å². The van der Waals surface area contributed by atoms with E-state index in [1.54, 1.807) is 0 Å². The van der Waals surface area contributed by atoms with E-state index in [0.29, 0.717) is 11.3 Å². The van der Waals surface area contributed by atoms with E-state index in [9.17, 15) is 0 Å². The molecule has 0 aliphatic heterocycles. The zero-order valence-electron chi connectivity index (χ0n) is 11.0. The first-order valence-electron chi connectivity index (χ1n) is 6.63. The number of rotatable bonds is 4. The second-order valence-corrected chi connectivity index (χ2v) is 6.23. The molecule has 0 bridgehead atoms. The van der Waals surface area contributed by atoms with Crippen LogP contribution < -0.4 is 0 Å². The fourth-order valence-corrected chi connectivity index (χ4v) is 2.66. The molecule has 2 aromatic rings. The molecule has 96 valence electrons. The van der Waals surface area contributed by atoms with Crippen molar-refractivity contribution in [3.8, 4) is 0 Å². The van der Waals surface area contributed by atoms with Gasteiger partial charge >= 0.3 is 0 Å². The molecule has 0 N–H and O–H groups in total. The van der Waals surface area contributed by atoms with E-state index in [4.69, 9.17) is 16.6 Å². The summed E-state index contributed by atoms with van der Waals surface area (Å²) in [6.07, 6.45) is 3.52. The van der Waals surface area contributed by atoms with Crippen molar-refractivity contribution in [2.75, 3.05) is 5.88 Å². The summed E-state index contributed by atoms with van der Waals surface area (Å²) in [6, 6.07) is 6.49. The summed E-state index contributed by atoms with van der Waals surface area (Å²) in [5, 5.41) is 0. The van der Waals surface area contributed by atoms with Crippen LogP contribution in [-0.2, 0) is 13.0 Å². The summed E-state index contributed by atoms with van der Waals surface area (Å²) < 4.78 is 2.39. The van der Waals surface area contributed by atoms with Crippen molar-refractivity contribution in [1.29, 1.82) is 0 Å². The topological polar surface area (TPSA) is 17.8 Å². The Morgan fingerprint density at radius 1 is 1.39 bits per heavy atom. The van der Waals surface area contributed by atoms with E-state index in [-0.39, 0.29) is 0 Å². The standard InChI is InChI=1S/C15H19ClN2/c1-11-3-4-12-13(9-11)18(10-15(2)6-7-15)14(17-12)5-8-16/h3-4,9H,5-8,10H2,1-2H3. The van der Waals surface area contributed by atoms with E-state index >= 15 is 0 Å². The van der Waals surface area contributed by atoms with Gasteiger partial charge in [0.2, 0.25) is 0 Å². The molecule has 0 atom stereocenters. The lowest BCUT2D eigenvalue weighted by molar-refractivity contribution is 0.462. The van der Waals surface area contributed by atoms with Crippen molar-refractivity contribution in [2.45, 2.75) is 39.7 Å². The van der Waals surface area contributed by atoms with Gasteiger partial charge in [0.25, 0.3) is 0 Å². The summed E-state index contributed by atoms with van der Waals surface area (Å²) in [7, 11) is 0. The minimum Gasteiger partial charge on any atom is -0.327 e. The van der Waals surface area contributed by atoms with Crippen LogP contribution in [0.2, 0.25) is 0 Å². The smallest absolute Gasteiger partial charge is 0.111 e. The zero-order chi connectivity index (χ0) is 12.8. The van der Waals surface area contributed by atoms with Crippen molar-refractivity contribution in [3.63, 3.8) is 0 Å². The van der Waals surface area contributed by atoms with E-state index in [1.165, 1.54) is 23.9 Å². The highest BCUT2D eigenvalue weighted by Gasteiger charge is 2.38. The maximum atomic E-state index is 5.90. The molecule has 0 unspecified atom stereocenters. The first-order chi connectivity index (χ1) is 8.61. The third-order valence-corrected chi connectivity index (χ3v) is 4.13. The molecule has 0 amide bonds. The van der Waals surface area contributed by atoms with Gasteiger partial charge in [-0.05, 0) is 42.9 Å². The number of nitrogens with zero attached hydrogens (tertiary/aromatic N) is 2. The van der Waals surface area contributed by atoms with Gasteiger partial charge in [-0.2, -0.15) is 0 Å². The first kappa shape index (κ1) is 12.0. The van der Waals surface area contributed by atoms with Crippen molar-refractivity contribution >= 4 is 22.6 Å². The van der Waals surface area contributed by atoms with E-state index in [2.05, 4.69) is 36.6 Å². The number of aromatic nitrogens is 2. The maximum absolute atomic E-state index is 5.90. The van der Waals surface area contributed by atoms with E-state index < -0.39 is 0 Å². The molecule has 3 heteroatoms. The first-order valence-corrected chi connectivity index (χ1v) is 7.16. The molecule has 0 saturated heterocycles. The van der Waals surface area contributed by atoms with Crippen LogP contribution in [0.25, 0.3) is 11.0 Å². The molecule has 1 fully saturated rings. The second-order valence-electron chi connectivity index (χ2n) is 5.86. The van der Waals surface area contributed by atoms with Gasteiger partial charge in [0.1, 0.15) is 5.82 Å². The monoisotopic (exact) mass is 262 g/mol. The molecule has 3 rings (SSSR count). The minimum atomic E-state index is 0.485. The number of hydrogen-bond acceptors (Lipinski definition) is 1. The molecule has 1 aromatic heterocycles. The lowest BCUT2D eigenvalue weighted by Gasteiger charge is -2.13. The van der Waals surface area contributed by atoms with Crippen molar-refractivity contribution in [2.24, 2.45) is 5.41 Å². The number of benzene rings is 1. The summed E-state index contributed by atoms with van der Waals surface area (Å²) in [5.41, 5.74) is 4.15. The second kappa shape index (κ2) is 4.27. The van der Waals surface area contributed by atoms with Gasteiger partial charge in [0.05, 0.1) is 11.0 Å². The Balaban J connectivity index is 2.10. The fraction of sp³-hybridized carbons (Fsp3) is 0.533. The molecule has 18 heavy (non-hydrogen) atoms. The molecule has 1 aromatic carbocycles. The number of hydrogen-bond donors (Lipinski definition) is 0. The highest BCUT2D eigenvalue weighted by atomic mass is 35.5. The summed E-state index contributed by atoms with van der Waals surface area (Å²) in [6.45, 7) is 5.58. The Labute approximate surface area is 113 Å². The quantitative estimate of drug-likeness (QED) is 0.764. The van der Waals surface area contributed by atoms with Crippen LogP contribution in [0.3, 0.4) is 0 Å². The normalized spacial score (nSPS) is 17.3. The lowest BCUT2D eigenvalue weighted by Crippen LogP contribution is -2.11. The zero-order valence-corrected chi connectivity index (χ0v) is 11.8. The van der Waals surface area contributed by atoms with Crippen LogP contribution in [0.5, 0.6) is 0 Å². The van der Waals surface area contributed by atoms with E-state index in [1.807, 2.05) is 0 Å². The SMILES string of the molecule is Cc1ccc2nc(CCCl)n(CC3(C)CC3)c2c1. The number of halogens is 1. The largest absolute Gasteiger partial charge is 0.327 e. The average Bonchev–Trinajstić information content (AvgIpc) is 2.97. The molecule has 0 radical (unpaired) electrons. The molecule has 1 saturated carbocycles. The summed E-state index contributed by atoms with van der Waals surface area (Å²) in [5.74, 6) is 1.78. The van der Waals surface area contributed by atoms with Gasteiger partial charge in [0, 0.05) is 18.8 Å². The molecule has 1 heterocycles. The third-order valence-electron chi connectivity index (χ3n) is 3.94. The molecule has 2 nitrogen and oxygen atoms in total. The van der Waals surface area contributed by atoms with Crippen LogP contribution in [0.15, 0.2) is 18.2 Å². The predicted molar refractivity (Wildman–Crippen MR) is 76.2 cm³/mol.